The highest BCUT2D eigenvalue weighted by Crippen LogP contribution is 2.17. The molecule has 8 heteroatoms. The monoisotopic (exact) mass is 421 g/mol. The lowest BCUT2D eigenvalue weighted by Crippen LogP contribution is -2.27. The number of aromatic nitrogens is 4. The van der Waals surface area contributed by atoms with E-state index in [1.165, 1.54) is 5.56 Å². The van der Waals surface area contributed by atoms with Gasteiger partial charge in [0.2, 0.25) is 5.43 Å². The summed E-state index contributed by atoms with van der Waals surface area (Å²) in [6.07, 6.45) is 3.26. The van der Waals surface area contributed by atoms with Crippen LogP contribution in [0.2, 0.25) is 5.02 Å². The SMILES string of the molecule is CCn1nc(C(=O)Nc2cnn(Cc3ccc(C)cc3)c2)c(=O)c2cc(Cl)ccc21. The molecule has 30 heavy (non-hydrogen) atoms. The molecule has 0 spiro atoms. The summed E-state index contributed by atoms with van der Waals surface area (Å²) in [4.78, 5) is 25.6. The van der Waals surface area contributed by atoms with E-state index in [4.69, 9.17) is 11.6 Å². The number of rotatable bonds is 5. The van der Waals surface area contributed by atoms with Crippen molar-refractivity contribution >= 4 is 34.1 Å². The first-order valence-corrected chi connectivity index (χ1v) is 9.92. The van der Waals surface area contributed by atoms with Gasteiger partial charge in [0, 0.05) is 17.8 Å². The number of amides is 1. The Morgan fingerprint density at radius 1 is 1.17 bits per heavy atom. The lowest BCUT2D eigenvalue weighted by molar-refractivity contribution is 0.101. The van der Waals surface area contributed by atoms with Crippen LogP contribution in [0.25, 0.3) is 10.9 Å². The van der Waals surface area contributed by atoms with E-state index < -0.39 is 11.3 Å². The molecular formula is C22H20ClN5O2. The number of carbonyl (C=O) groups is 1. The largest absolute Gasteiger partial charge is 0.318 e. The van der Waals surface area contributed by atoms with Crippen LogP contribution >= 0.6 is 11.6 Å². The predicted octanol–water partition coefficient (Wildman–Crippen LogP) is 3.88. The van der Waals surface area contributed by atoms with Crippen molar-refractivity contribution in [3.05, 3.63) is 86.9 Å². The van der Waals surface area contributed by atoms with E-state index in [-0.39, 0.29) is 5.69 Å². The average Bonchev–Trinajstić information content (AvgIpc) is 3.17. The van der Waals surface area contributed by atoms with Crippen LogP contribution in [-0.4, -0.2) is 25.5 Å². The number of benzene rings is 2. The molecule has 2 aromatic carbocycles. The van der Waals surface area contributed by atoms with Crippen LogP contribution in [0, 0.1) is 6.92 Å². The van der Waals surface area contributed by atoms with Crippen molar-refractivity contribution < 1.29 is 4.79 Å². The van der Waals surface area contributed by atoms with E-state index in [9.17, 15) is 9.59 Å². The van der Waals surface area contributed by atoms with E-state index in [1.807, 2.05) is 38.1 Å². The second-order valence-electron chi connectivity index (χ2n) is 7.02. The van der Waals surface area contributed by atoms with Gasteiger partial charge in [-0.2, -0.15) is 10.2 Å². The molecule has 4 rings (SSSR count). The molecule has 0 radical (unpaired) electrons. The number of hydrogen-bond acceptors (Lipinski definition) is 4. The molecule has 2 heterocycles. The second-order valence-corrected chi connectivity index (χ2v) is 7.46. The van der Waals surface area contributed by atoms with Gasteiger partial charge in [-0.1, -0.05) is 41.4 Å². The van der Waals surface area contributed by atoms with Crippen LogP contribution in [0.4, 0.5) is 5.69 Å². The van der Waals surface area contributed by atoms with Gasteiger partial charge in [0.05, 0.1) is 29.3 Å². The molecule has 0 aliphatic heterocycles. The Labute approximate surface area is 177 Å². The summed E-state index contributed by atoms with van der Waals surface area (Å²) in [6.45, 7) is 5.01. The highest BCUT2D eigenvalue weighted by atomic mass is 35.5. The van der Waals surface area contributed by atoms with E-state index in [0.29, 0.717) is 34.7 Å². The molecule has 0 fully saturated rings. The third-order valence-electron chi connectivity index (χ3n) is 4.79. The first-order valence-electron chi connectivity index (χ1n) is 9.54. The van der Waals surface area contributed by atoms with Crippen LogP contribution < -0.4 is 10.7 Å². The molecule has 152 valence electrons. The minimum absolute atomic E-state index is 0.182. The summed E-state index contributed by atoms with van der Waals surface area (Å²) in [6, 6.07) is 13.1. The minimum atomic E-state index is -0.584. The maximum absolute atomic E-state index is 12.8. The fraction of sp³-hybridized carbons (Fsp3) is 0.182. The van der Waals surface area contributed by atoms with Gasteiger partial charge in [0.1, 0.15) is 0 Å². The standard InChI is InChI=1S/C22H20ClN5O2/c1-3-28-19-9-8-16(23)10-18(19)21(29)20(26-28)22(30)25-17-11-24-27(13-17)12-15-6-4-14(2)5-7-15/h4-11,13H,3,12H2,1-2H3,(H,25,30). The first-order chi connectivity index (χ1) is 14.4. The molecule has 0 unspecified atom stereocenters. The van der Waals surface area contributed by atoms with Crippen LogP contribution in [0.1, 0.15) is 28.5 Å². The van der Waals surface area contributed by atoms with Crippen molar-refractivity contribution in [3.63, 3.8) is 0 Å². The molecule has 1 N–H and O–H groups in total. The van der Waals surface area contributed by atoms with Crippen molar-refractivity contribution in [2.45, 2.75) is 26.9 Å². The zero-order valence-electron chi connectivity index (χ0n) is 16.6. The average molecular weight is 422 g/mol. The summed E-state index contributed by atoms with van der Waals surface area (Å²) >= 11 is 6.05. The molecule has 0 aliphatic rings. The summed E-state index contributed by atoms with van der Waals surface area (Å²) in [5.41, 5.74) is 2.77. The van der Waals surface area contributed by atoms with Gasteiger partial charge in [-0.25, -0.2) is 0 Å². The Kier molecular flexibility index (Phi) is 5.37. The quantitative estimate of drug-likeness (QED) is 0.530. The molecule has 0 aliphatic carbocycles. The van der Waals surface area contributed by atoms with E-state index in [1.54, 1.807) is 40.0 Å². The maximum Gasteiger partial charge on any atom is 0.280 e. The number of nitrogens with zero attached hydrogens (tertiary/aromatic N) is 4. The normalized spacial score (nSPS) is 11.0. The maximum atomic E-state index is 12.8. The molecule has 0 atom stereocenters. The minimum Gasteiger partial charge on any atom is -0.318 e. The Morgan fingerprint density at radius 2 is 1.93 bits per heavy atom. The van der Waals surface area contributed by atoms with Crippen molar-refractivity contribution in [1.29, 1.82) is 0 Å². The van der Waals surface area contributed by atoms with E-state index >= 15 is 0 Å². The van der Waals surface area contributed by atoms with Gasteiger partial charge in [-0.05, 0) is 37.6 Å². The molecule has 0 saturated heterocycles. The Hall–Kier alpha value is -3.45. The van der Waals surface area contributed by atoms with Gasteiger partial charge in [0.25, 0.3) is 5.91 Å². The van der Waals surface area contributed by atoms with E-state index in [0.717, 1.165) is 5.56 Å². The lowest BCUT2D eigenvalue weighted by atomic mass is 10.1. The van der Waals surface area contributed by atoms with Crippen molar-refractivity contribution in [1.82, 2.24) is 19.6 Å². The van der Waals surface area contributed by atoms with Crippen molar-refractivity contribution in [2.24, 2.45) is 0 Å². The molecule has 0 bridgehead atoms. The highest BCUT2D eigenvalue weighted by Gasteiger charge is 2.18. The number of anilines is 1. The van der Waals surface area contributed by atoms with Crippen molar-refractivity contribution in [3.8, 4) is 0 Å². The zero-order valence-corrected chi connectivity index (χ0v) is 17.3. The molecular weight excluding hydrogens is 402 g/mol. The number of nitrogens with one attached hydrogen (secondary N) is 1. The highest BCUT2D eigenvalue weighted by molar-refractivity contribution is 6.31. The summed E-state index contributed by atoms with van der Waals surface area (Å²) in [5.74, 6) is -0.584. The fourth-order valence-corrected chi connectivity index (χ4v) is 3.41. The second kappa shape index (κ2) is 8.12. The summed E-state index contributed by atoms with van der Waals surface area (Å²) in [5, 5.41) is 12.0. The van der Waals surface area contributed by atoms with Gasteiger partial charge < -0.3 is 5.32 Å². The number of hydrogen-bond donors (Lipinski definition) is 1. The molecule has 4 aromatic rings. The molecule has 2 aromatic heterocycles. The predicted molar refractivity (Wildman–Crippen MR) is 117 cm³/mol. The summed E-state index contributed by atoms with van der Waals surface area (Å²) in [7, 11) is 0. The smallest absolute Gasteiger partial charge is 0.280 e. The van der Waals surface area contributed by atoms with Crippen LogP contribution in [0.5, 0.6) is 0 Å². The van der Waals surface area contributed by atoms with Gasteiger partial charge in [0.15, 0.2) is 5.69 Å². The Morgan fingerprint density at radius 3 is 2.67 bits per heavy atom. The molecule has 1 amide bonds. The van der Waals surface area contributed by atoms with Gasteiger partial charge in [-0.3, -0.25) is 19.0 Å². The lowest BCUT2D eigenvalue weighted by Gasteiger charge is -2.10. The number of halogens is 1. The number of aryl methyl sites for hydroxylation is 2. The third-order valence-corrected chi connectivity index (χ3v) is 5.02. The van der Waals surface area contributed by atoms with Gasteiger partial charge >= 0.3 is 0 Å². The third kappa shape index (κ3) is 3.97. The Balaban J connectivity index is 1.59. The van der Waals surface area contributed by atoms with Crippen molar-refractivity contribution in [2.75, 3.05) is 5.32 Å². The number of fused-ring (bicyclic) bond motifs is 1. The molecule has 7 nitrogen and oxygen atoms in total. The topological polar surface area (TPSA) is 81.8 Å². The van der Waals surface area contributed by atoms with Crippen LogP contribution in [0.3, 0.4) is 0 Å². The summed E-state index contributed by atoms with van der Waals surface area (Å²) < 4.78 is 3.33. The number of carbonyl (C=O) groups excluding carboxylic acids is 1. The van der Waals surface area contributed by atoms with Crippen LogP contribution in [-0.2, 0) is 13.1 Å². The zero-order chi connectivity index (χ0) is 21.3. The van der Waals surface area contributed by atoms with Gasteiger partial charge in [-0.15, -0.1) is 0 Å². The van der Waals surface area contributed by atoms with E-state index in [2.05, 4.69) is 15.5 Å². The first kappa shape index (κ1) is 19.8. The van der Waals surface area contributed by atoms with Crippen LogP contribution in [0.15, 0.2) is 59.7 Å². The fourth-order valence-electron chi connectivity index (χ4n) is 3.24. The Bertz CT molecular complexity index is 1290. The molecule has 0 saturated carbocycles.